The number of phenolic OH excluding ortho intramolecular Hbond substituents is 4. The number of aryl methyl sites for hydroxylation is 1. The molecule has 0 radical (unpaired) electrons. The molecule has 0 fully saturated rings. The molecule has 11 nitrogen and oxygen atoms in total. The van der Waals surface area contributed by atoms with Crippen molar-refractivity contribution in [1.82, 2.24) is 16.0 Å². The third-order valence-electron chi connectivity index (χ3n) is 6.91. The maximum Gasteiger partial charge on any atom is 0.251 e. The van der Waals surface area contributed by atoms with E-state index < -0.39 is 17.4 Å². The molecule has 0 aliphatic heterocycles. The highest BCUT2D eigenvalue weighted by molar-refractivity contribution is 6.24. The largest absolute Gasteiger partial charge is 0.508 e. The van der Waals surface area contributed by atoms with Crippen LogP contribution in [0.3, 0.4) is 0 Å². The maximum atomic E-state index is 13.6. The standard InChI is InChI=1S/C33H39N3O8/c1-20(23-7-10-25(38)11-8-23)36-32(42)13-9-24-18-29(40)30(41)19-26(24)27(16-22-6-12-28(39)31(17-22)44-3)33(43)35-15-5-4-14-34-21(2)37/h6-8,10-12,16-20,38-41H,4-5,9,13-15H2,1-3H3,(H,34,37)(H,35,43)(H,36,42)/b27-16+. The predicted octanol–water partition coefficient (Wildman–Crippen LogP) is 3.90. The van der Waals surface area contributed by atoms with E-state index in [0.717, 1.165) is 5.56 Å². The van der Waals surface area contributed by atoms with Crippen LogP contribution in [0, 0.1) is 0 Å². The number of unbranched alkanes of at least 4 members (excludes halogenated alkanes) is 1. The number of carbonyl (C=O) groups is 3. The van der Waals surface area contributed by atoms with E-state index in [1.807, 2.05) is 6.92 Å². The quantitative estimate of drug-likeness (QED) is 0.0626. The number of phenols is 4. The summed E-state index contributed by atoms with van der Waals surface area (Å²) in [5.41, 5.74) is 2.24. The molecule has 234 valence electrons. The van der Waals surface area contributed by atoms with Crippen molar-refractivity contribution in [2.75, 3.05) is 20.2 Å². The van der Waals surface area contributed by atoms with Crippen LogP contribution >= 0.6 is 0 Å². The van der Waals surface area contributed by atoms with E-state index in [4.69, 9.17) is 4.74 Å². The lowest BCUT2D eigenvalue weighted by Gasteiger charge is -2.17. The molecule has 0 saturated carbocycles. The van der Waals surface area contributed by atoms with Gasteiger partial charge in [0.1, 0.15) is 5.75 Å². The zero-order chi connectivity index (χ0) is 32.2. The second kappa shape index (κ2) is 15.9. The number of methoxy groups -OCH3 is 1. The molecular weight excluding hydrogens is 566 g/mol. The van der Waals surface area contributed by atoms with Gasteiger partial charge in [0.25, 0.3) is 5.91 Å². The van der Waals surface area contributed by atoms with Crippen LogP contribution in [0.5, 0.6) is 28.7 Å². The van der Waals surface area contributed by atoms with Crippen LogP contribution in [-0.2, 0) is 20.8 Å². The lowest BCUT2D eigenvalue weighted by atomic mass is 9.93. The molecule has 0 heterocycles. The number of hydrogen-bond acceptors (Lipinski definition) is 8. The number of aromatic hydroxyl groups is 4. The van der Waals surface area contributed by atoms with Gasteiger partial charge in [-0.15, -0.1) is 0 Å². The molecule has 0 spiro atoms. The zero-order valence-corrected chi connectivity index (χ0v) is 25.0. The van der Waals surface area contributed by atoms with Gasteiger partial charge in [-0.05, 0) is 90.9 Å². The average molecular weight is 606 g/mol. The van der Waals surface area contributed by atoms with E-state index in [9.17, 15) is 34.8 Å². The first kappa shape index (κ1) is 33.3. The van der Waals surface area contributed by atoms with Crippen molar-refractivity contribution in [3.63, 3.8) is 0 Å². The van der Waals surface area contributed by atoms with Crippen LogP contribution in [0.2, 0.25) is 0 Å². The number of ether oxygens (including phenoxy) is 1. The summed E-state index contributed by atoms with van der Waals surface area (Å²) in [6.45, 7) is 4.04. The summed E-state index contributed by atoms with van der Waals surface area (Å²) in [7, 11) is 1.40. The minimum atomic E-state index is -0.465. The molecule has 3 rings (SSSR count). The van der Waals surface area contributed by atoms with Crippen molar-refractivity contribution in [1.29, 1.82) is 0 Å². The summed E-state index contributed by atoms with van der Waals surface area (Å²) in [6, 6.07) is 13.3. The summed E-state index contributed by atoms with van der Waals surface area (Å²) in [6.07, 6.45) is 2.97. The molecule has 0 saturated heterocycles. The number of amides is 3. The number of rotatable bonds is 14. The molecule has 3 amide bonds. The number of benzene rings is 3. The van der Waals surface area contributed by atoms with E-state index in [2.05, 4.69) is 16.0 Å². The topological polar surface area (TPSA) is 177 Å². The van der Waals surface area contributed by atoms with Crippen molar-refractivity contribution >= 4 is 29.4 Å². The Morgan fingerprint density at radius 2 is 1.52 bits per heavy atom. The fraction of sp³-hybridized carbons (Fsp3) is 0.303. The first-order chi connectivity index (χ1) is 21.0. The second-order valence-electron chi connectivity index (χ2n) is 10.3. The van der Waals surface area contributed by atoms with E-state index in [0.29, 0.717) is 42.6 Å². The van der Waals surface area contributed by atoms with Crippen LogP contribution in [0.25, 0.3) is 11.6 Å². The van der Waals surface area contributed by atoms with Gasteiger partial charge in [0.05, 0.1) is 13.2 Å². The molecule has 0 aromatic heterocycles. The van der Waals surface area contributed by atoms with E-state index in [1.165, 1.54) is 44.4 Å². The van der Waals surface area contributed by atoms with Crippen LogP contribution < -0.4 is 20.7 Å². The first-order valence-corrected chi connectivity index (χ1v) is 14.2. The van der Waals surface area contributed by atoms with Gasteiger partial charge < -0.3 is 41.1 Å². The van der Waals surface area contributed by atoms with Crippen molar-refractivity contribution in [3.8, 4) is 28.7 Å². The molecule has 0 bridgehead atoms. The summed E-state index contributed by atoms with van der Waals surface area (Å²) in [5, 5.41) is 48.8. The molecule has 44 heavy (non-hydrogen) atoms. The van der Waals surface area contributed by atoms with Crippen LogP contribution in [0.4, 0.5) is 0 Å². The lowest BCUT2D eigenvalue weighted by molar-refractivity contribution is -0.122. The molecule has 0 aliphatic rings. The Bertz CT molecular complexity index is 1500. The highest BCUT2D eigenvalue weighted by atomic mass is 16.5. The average Bonchev–Trinajstić information content (AvgIpc) is 2.99. The van der Waals surface area contributed by atoms with E-state index in [1.54, 1.807) is 30.3 Å². The van der Waals surface area contributed by atoms with Gasteiger partial charge >= 0.3 is 0 Å². The van der Waals surface area contributed by atoms with E-state index in [-0.39, 0.29) is 53.5 Å². The summed E-state index contributed by atoms with van der Waals surface area (Å²) >= 11 is 0. The monoisotopic (exact) mass is 605 g/mol. The number of hydrogen-bond donors (Lipinski definition) is 7. The summed E-state index contributed by atoms with van der Waals surface area (Å²) in [5.74, 6) is -1.47. The SMILES string of the molecule is COc1cc(/C=C(/C(=O)NCCCCNC(C)=O)c2cc(O)c(O)cc2CCC(=O)NC(C)c2ccc(O)cc2)ccc1O. The van der Waals surface area contributed by atoms with Gasteiger partial charge in [-0.3, -0.25) is 14.4 Å². The van der Waals surface area contributed by atoms with Crippen molar-refractivity contribution in [2.24, 2.45) is 0 Å². The van der Waals surface area contributed by atoms with E-state index >= 15 is 0 Å². The molecule has 7 N–H and O–H groups in total. The molecule has 1 unspecified atom stereocenters. The molecule has 3 aromatic carbocycles. The lowest BCUT2D eigenvalue weighted by Crippen LogP contribution is -2.28. The Balaban J connectivity index is 1.88. The predicted molar refractivity (Wildman–Crippen MR) is 166 cm³/mol. The smallest absolute Gasteiger partial charge is 0.251 e. The van der Waals surface area contributed by atoms with Crippen LogP contribution in [0.15, 0.2) is 54.6 Å². The minimum absolute atomic E-state index is 0.0186. The zero-order valence-electron chi connectivity index (χ0n) is 25.0. The van der Waals surface area contributed by atoms with Crippen molar-refractivity contribution in [3.05, 3.63) is 76.9 Å². The molecule has 1 atom stereocenters. The fourth-order valence-electron chi connectivity index (χ4n) is 4.51. The van der Waals surface area contributed by atoms with Crippen molar-refractivity contribution in [2.45, 2.75) is 45.6 Å². The molecule has 0 aliphatic carbocycles. The Labute approximate surface area is 256 Å². The van der Waals surface area contributed by atoms with Crippen LogP contribution in [-0.4, -0.2) is 58.3 Å². The number of carbonyl (C=O) groups excluding carboxylic acids is 3. The van der Waals surface area contributed by atoms with Gasteiger partial charge in [0, 0.05) is 32.0 Å². The van der Waals surface area contributed by atoms with Gasteiger partial charge in [0.15, 0.2) is 23.0 Å². The highest BCUT2D eigenvalue weighted by Gasteiger charge is 2.20. The summed E-state index contributed by atoms with van der Waals surface area (Å²) in [4.78, 5) is 37.5. The van der Waals surface area contributed by atoms with Crippen molar-refractivity contribution < 1.29 is 39.5 Å². The van der Waals surface area contributed by atoms with Gasteiger partial charge in [-0.1, -0.05) is 18.2 Å². The number of nitrogens with one attached hydrogen (secondary N) is 3. The van der Waals surface area contributed by atoms with Gasteiger partial charge in [-0.25, -0.2) is 0 Å². The Kier molecular flexibility index (Phi) is 12.0. The maximum absolute atomic E-state index is 13.6. The molecular formula is C33H39N3O8. The highest BCUT2D eigenvalue weighted by Crippen LogP contribution is 2.35. The fourth-order valence-corrected chi connectivity index (χ4v) is 4.51. The Morgan fingerprint density at radius 3 is 2.18 bits per heavy atom. The van der Waals surface area contributed by atoms with Gasteiger partial charge in [-0.2, -0.15) is 0 Å². The molecule has 3 aromatic rings. The Morgan fingerprint density at radius 1 is 0.864 bits per heavy atom. The Hall–Kier alpha value is -5.19. The van der Waals surface area contributed by atoms with Crippen LogP contribution in [0.1, 0.15) is 61.4 Å². The molecule has 11 heteroatoms. The summed E-state index contributed by atoms with van der Waals surface area (Å²) < 4.78 is 5.21. The van der Waals surface area contributed by atoms with Gasteiger partial charge in [0.2, 0.25) is 11.8 Å². The minimum Gasteiger partial charge on any atom is -0.508 e. The normalized spacial score (nSPS) is 11.8. The third kappa shape index (κ3) is 9.69. The second-order valence-corrected chi connectivity index (χ2v) is 10.3. The third-order valence-corrected chi connectivity index (χ3v) is 6.91. The first-order valence-electron chi connectivity index (χ1n) is 14.2.